The smallest absolute Gasteiger partial charge is 0.472 e. The Balaban J connectivity index is 4.06. The predicted molar refractivity (Wildman–Crippen MR) is 235 cm³/mol. The van der Waals surface area contributed by atoms with Gasteiger partial charge < -0.3 is 25.2 Å². The van der Waals surface area contributed by atoms with Gasteiger partial charge in [-0.1, -0.05) is 130 Å². The molecule has 0 aromatic carbocycles. The number of phosphoric ester groups is 1. The number of rotatable bonds is 38. The van der Waals surface area contributed by atoms with Gasteiger partial charge in [-0.2, -0.15) is 0 Å². The first-order valence-corrected chi connectivity index (χ1v) is 22.8. The van der Waals surface area contributed by atoms with E-state index >= 15 is 0 Å². The molecule has 3 unspecified atom stereocenters. The van der Waals surface area contributed by atoms with Gasteiger partial charge in [-0.05, 0) is 96.3 Å². The van der Waals surface area contributed by atoms with Crippen LogP contribution >= 0.6 is 7.82 Å². The summed E-state index contributed by atoms with van der Waals surface area (Å²) in [5.74, 6) is -2.48. The van der Waals surface area contributed by atoms with E-state index in [0.717, 1.165) is 83.5 Å². The monoisotopic (exact) mass is 832 g/mol. The van der Waals surface area contributed by atoms with Crippen LogP contribution in [-0.2, 0) is 32.7 Å². The van der Waals surface area contributed by atoms with E-state index in [4.69, 9.17) is 13.8 Å². The minimum Gasteiger partial charge on any atom is -0.480 e. The molecule has 0 aliphatic heterocycles. The number of aliphatic hydroxyl groups excluding tert-OH is 1. The summed E-state index contributed by atoms with van der Waals surface area (Å²) in [6.07, 6.45) is 50.1. The van der Waals surface area contributed by atoms with E-state index in [0.29, 0.717) is 12.8 Å². The number of hydrogen-bond acceptors (Lipinski definition) is 8. The summed E-state index contributed by atoms with van der Waals surface area (Å²) in [6.45, 7) is 2.36. The second-order valence-electron chi connectivity index (χ2n) is 13.8. The zero-order valence-electron chi connectivity index (χ0n) is 35.3. The van der Waals surface area contributed by atoms with Crippen molar-refractivity contribution in [2.24, 2.45) is 0 Å². The van der Waals surface area contributed by atoms with Crippen molar-refractivity contribution >= 4 is 25.7 Å². The van der Waals surface area contributed by atoms with Crippen molar-refractivity contribution in [3.8, 4) is 0 Å². The molecule has 58 heavy (non-hydrogen) atoms. The number of carbonyl (C=O) groups excluding carboxylic acids is 2. The molecule has 328 valence electrons. The first kappa shape index (κ1) is 54.4. The van der Waals surface area contributed by atoms with E-state index in [1.807, 2.05) is 0 Å². The summed E-state index contributed by atoms with van der Waals surface area (Å²) in [4.78, 5) is 45.9. The molecule has 0 saturated carbocycles. The van der Waals surface area contributed by atoms with E-state index in [1.165, 1.54) is 19.3 Å². The maximum atomic E-state index is 12.3. The molecule has 12 heteroatoms. The van der Waals surface area contributed by atoms with Crippen LogP contribution < -0.4 is 5.32 Å². The van der Waals surface area contributed by atoms with Crippen LogP contribution in [0.1, 0.15) is 142 Å². The van der Waals surface area contributed by atoms with Crippen molar-refractivity contribution in [2.75, 3.05) is 19.8 Å². The van der Waals surface area contributed by atoms with Crippen LogP contribution in [0, 0.1) is 0 Å². The fourth-order valence-corrected chi connectivity index (χ4v) is 5.82. The molecule has 0 aromatic heterocycles. The van der Waals surface area contributed by atoms with Crippen LogP contribution in [0.4, 0.5) is 0 Å². The molecule has 1 amide bonds. The number of carboxylic acid groups (broad SMARTS) is 1. The van der Waals surface area contributed by atoms with Crippen LogP contribution in [0.15, 0.2) is 97.2 Å². The summed E-state index contributed by atoms with van der Waals surface area (Å²) in [5.41, 5.74) is 0. The summed E-state index contributed by atoms with van der Waals surface area (Å²) < 4.78 is 26.8. The number of carbonyl (C=O) groups is 3. The number of esters is 1. The number of unbranched alkanes of at least 4 members (excludes halogenated alkanes) is 8. The molecule has 0 fully saturated rings. The molecule has 0 saturated heterocycles. The first-order chi connectivity index (χ1) is 28.1. The number of carboxylic acids is 1. The van der Waals surface area contributed by atoms with Crippen LogP contribution in [0.5, 0.6) is 0 Å². The molecule has 0 aromatic rings. The first-order valence-electron chi connectivity index (χ1n) is 21.3. The van der Waals surface area contributed by atoms with Crippen molar-refractivity contribution < 1.29 is 47.8 Å². The van der Waals surface area contributed by atoms with Gasteiger partial charge in [-0.3, -0.25) is 18.6 Å². The number of aliphatic carboxylic acids is 1. The van der Waals surface area contributed by atoms with Gasteiger partial charge in [0.05, 0.1) is 13.2 Å². The molecule has 0 bridgehead atoms. The van der Waals surface area contributed by atoms with Gasteiger partial charge in [-0.25, -0.2) is 9.36 Å². The standard InChI is InChI=1S/C46H74NO10P/c1-3-5-7-9-11-13-15-17-19-20-21-22-24-25-27-29-31-33-35-37-44(49)47-43(46(51)52)41-57-58(53,54)56-40-42(48)39-55-45(50)38-36-34-32-30-28-26-23-18-16-14-12-10-8-6-4-2/h6,8,11-14,17-19,21-23,25,27-28,30,42-43,48H,3-5,7,9-10,15-16,20,24,26,29,31-41H2,1-2H3,(H,47,49)(H,51,52)(H,53,54)/b8-6-,13-11-,14-12-,19-17-,22-21-,23-18-,27-25-,30-28-. The molecule has 11 nitrogen and oxygen atoms in total. The molecular formula is C46H74NO10P. The fraction of sp³-hybridized carbons (Fsp3) is 0.587. The molecule has 0 aliphatic carbocycles. The summed E-state index contributed by atoms with van der Waals surface area (Å²) in [5, 5.41) is 21.8. The molecule has 4 N–H and O–H groups in total. The zero-order valence-corrected chi connectivity index (χ0v) is 36.2. The maximum Gasteiger partial charge on any atom is 0.472 e. The Morgan fingerprint density at radius 1 is 0.569 bits per heavy atom. The lowest BCUT2D eigenvalue weighted by Crippen LogP contribution is -2.43. The topological polar surface area (TPSA) is 169 Å². The molecule has 0 aliphatic rings. The third-order valence-electron chi connectivity index (χ3n) is 8.36. The van der Waals surface area contributed by atoms with Gasteiger partial charge in [0, 0.05) is 12.8 Å². The Morgan fingerprint density at radius 2 is 1.00 bits per heavy atom. The number of phosphoric acid groups is 1. The minimum atomic E-state index is -4.78. The predicted octanol–water partition coefficient (Wildman–Crippen LogP) is 10.9. The molecule has 0 radical (unpaired) electrons. The van der Waals surface area contributed by atoms with Crippen LogP contribution in [0.2, 0.25) is 0 Å². The van der Waals surface area contributed by atoms with Crippen molar-refractivity contribution in [2.45, 2.75) is 154 Å². The van der Waals surface area contributed by atoms with Crippen molar-refractivity contribution in [1.29, 1.82) is 0 Å². The molecule has 0 heterocycles. The summed E-state index contributed by atoms with van der Waals surface area (Å²) in [7, 11) is -4.78. The zero-order chi connectivity index (χ0) is 42.8. The number of nitrogens with one attached hydrogen (secondary N) is 1. The lowest BCUT2D eigenvalue weighted by atomic mass is 10.1. The molecule has 3 atom stereocenters. The Morgan fingerprint density at radius 3 is 1.48 bits per heavy atom. The lowest BCUT2D eigenvalue weighted by molar-refractivity contribution is -0.147. The summed E-state index contributed by atoms with van der Waals surface area (Å²) in [6, 6.07) is -1.58. The number of amides is 1. The molecular weight excluding hydrogens is 757 g/mol. The quantitative estimate of drug-likeness (QED) is 0.0203. The van der Waals surface area contributed by atoms with Crippen molar-refractivity contribution in [1.82, 2.24) is 5.32 Å². The van der Waals surface area contributed by atoms with Gasteiger partial charge in [0.25, 0.3) is 0 Å². The van der Waals surface area contributed by atoms with Crippen molar-refractivity contribution in [3.63, 3.8) is 0 Å². The van der Waals surface area contributed by atoms with E-state index < -0.39 is 57.6 Å². The Labute approximate surface area is 349 Å². The highest BCUT2D eigenvalue weighted by Crippen LogP contribution is 2.43. The van der Waals surface area contributed by atoms with Crippen molar-refractivity contribution in [3.05, 3.63) is 97.2 Å². The largest absolute Gasteiger partial charge is 0.480 e. The highest BCUT2D eigenvalue weighted by molar-refractivity contribution is 7.47. The third kappa shape index (κ3) is 39.2. The Hall–Kier alpha value is -3.60. The van der Waals surface area contributed by atoms with E-state index in [1.54, 1.807) is 0 Å². The number of allylic oxidation sites excluding steroid dienone is 16. The highest BCUT2D eigenvalue weighted by atomic mass is 31.2. The van der Waals surface area contributed by atoms with Gasteiger partial charge in [0.2, 0.25) is 5.91 Å². The summed E-state index contributed by atoms with van der Waals surface area (Å²) >= 11 is 0. The average Bonchev–Trinajstić information content (AvgIpc) is 3.20. The van der Waals surface area contributed by atoms with E-state index in [9.17, 15) is 34.1 Å². The highest BCUT2D eigenvalue weighted by Gasteiger charge is 2.28. The second-order valence-corrected chi connectivity index (χ2v) is 15.2. The van der Waals surface area contributed by atoms with Gasteiger partial charge in [0.15, 0.2) is 6.04 Å². The fourth-order valence-electron chi connectivity index (χ4n) is 5.05. The third-order valence-corrected chi connectivity index (χ3v) is 9.31. The molecule has 0 spiro atoms. The van der Waals surface area contributed by atoms with Gasteiger partial charge in [-0.15, -0.1) is 0 Å². The van der Waals surface area contributed by atoms with Crippen LogP contribution in [-0.4, -0.2) is 64.9 Å². The molecule has 0 rings (SSSR count). The normalized spacial score (nSPS) is 14.7. The number of hydrogen-bond donors (Lipinski definition) is 4. The number of aliphatic hydroxyl groups is 1. The van der Waals surface area contributed by atoms with Gasteiger partial charge in [0.1, 0.15) is 12.7 Å². The SMILES string of the molecule is CC/C=C\C/C=C\C/C=C\C/C=C\CCCCC(=O)OCC(O)COP(=O)(O)OCC(NC(=O)CCCCC/C=C\C/C=C\C/C=C\C/C=C\CCCCC)C(=O)O. The minimum absolute atomic E-state index is 0.0991. The second kappa shape index (κ2) is 40.2. The van der Waals surface area contributed by atoms with E-state index in [-0.39, 0.29) is 12.8 Å². The van der Waals surface area contributed by atoms with Gasteiger partial charge >= 0.3 is 19.8 Å². The Bertz CT molecular complexity index is 1350. The van der Waals surface area contributed by atoms with E-state index in [2.05, 4.69) is 116 Å². The Kier molecular flexibility index (Phi) is 37.7. The average molecular weight is 832 g/mol. The lowest BCUT2D eigenvalue weighted by Gasteiger charge is -2.18. The van der Waals surface area contributed by atoms with Crippen LogP contribution in [0.3, 0.4) is 0 Å². The number of ether oxygens (including phenoxy) is 1. The maximum absolute atomic E-state index is 12.3. The van der Waals surface area contributed by atoms with Crippen LogP contribution in [0.25, 0.3) is 0 Å².